The van der Waals surface area contributed by atoms with E-state index in [1.165, 1.54) is 6.07 Å². The fraction of sp³-hybridized carbons (Fsp3) is 0.150. The van der Waals surface area contributed by atoms with Crippen molar-refractivity contribution in [1.82, 2.24) is 0 Å². The predicted octanol–water partition coefficient (Wildman–Crippen LogP) is 3.88. The molecular formula is C20H18O5. The molecule has 5 heteroatoms. The zero-order valence-corrected chi connectivity index (χ0v) is 14.3. The molecule has 0 bridgehead atoms. The second-order valence-electron chi connectivity index (χ2n) is 5.40. The zero-order valence-electron chi connectivity index (χ0n) is 14.3. The van der Waals surface area contributed by atoms with Gasteiger partial charge in [0.05, 0.1) is 21.3 Å². The number of hydrogen-bond donors (Lipinski definition) is 0. The minimum Gasteiger partial charge on any atom is -0.493 e. The molecule has 0 aliphatic heterocycles. The quantitative estimate of drug-likeness (QED) is 0.661. The topological polar surface area (TPSA) is 57.9 Å². The van der Waals surface area contributed by atoms with Gasteiger partial charge < -0.3 is 18.6 Å². The van der Waals surface area contributed by atoms with Crippen LogP contribution in [0.2, 0.25) is 0 Å². The van der Waals surface area contributed by atoms with E-state index in [9.17, 15) is 4.79 Å². The van der Waals surface area contributed by atoms with Crippen LogP contribution in [-0.2, 0) is 0 Å². The second kappa shape index (κ2) is 6.73. The summed E-state index contributed by atoms with van der Waals surface area (Å²) in [6.07, 6.45) is 0. The van der Waals surface area contributed by atoms with Gasteiger partial charge in [0.1, 0.15) is 5.58 Å². The van der Waals surface area contributed by atoms with Gasteiger partial charge in [-0.15, -0.1) is 0 Å². The van der Waals surface area contributed by atoms with Crippen molar-refractivity contribution >= 4 is 16.5 Å². The van der Waals surface area contributed by atoms with Crippen LogP contribution in [0.1, 0.15) is 11.1 Å². The summed E-state index contributed by atoms with van der Waals surface area (Å²) in [4.78, 5) is 11.3. The fourth-order valence-electron chi connectivity index (χ4n) is 2.68. The van der Waals surface area contributed by atoms with Crippen LogP contribution in [0.5, 0.6) is 17.2 Å². The van der Waals surface area contributed by atoms with E-state index in [2.05, 4.69) is 6.58 Å². The van der Waals surface area contributed by atoms with Crippen LogP contribution in [-0.4, -0.2) is 21.3 Å². The summed E-state index contributed by atoms with van der Waals surface area (Å²) in [6, 6.07) is 12.4. The zero-order chi connectivity index (χ0) is 18.0. The third-order valence-electron chi connectivity index (χ3n) is 3.98. The predicted molar refractivity (Wildman–Crippen MR) is 96.7 cm³/mol. The van der Waals surface area contributed by atoms with Gasteiger partial charge in [0.15, 0.2) is 11.5 Å². The molecule has 3 rings (SSSR count). The van der Waals surface area contributed by atoms with Crippen LogP contribution in [0.4, 0.5) is 0 Å². The highest BCUT2D eigenvalue weighted by atomic mass is 16.5. The lowest BCUT2D eigenvalue weighted by molar-refractivity contribution is 0.324. The molecule has 0 saturated heterocycles. The van der Waals surface area contributed by atoms with Gasteiger partial charge >= 0.3 is 5.63 Å². The van der Waals surface area contributed by atoms with E-state index in [1.54, 1.807) is 33.5 Å². The number of rotatable bonds is 5. The average Bonchev–Trinajstić information content (AvgIpc) is 2.65. The van der Waals surface area contributed by atoms with Crippen molar-refractivity contribution in [3.8, 4) is 17.2 Å². The maximum Gasteiger partial charge on any atom is 0.336 e. The lowest BCUT2D eigenvalue weighted by Crippen LogP contribution is -1.98. The Balaban J connectivity index is 2.08. The van der Waals surface area contributed by atoms with Crippen LogP contribution in [0.15, 0.2) is 58.3 Å². The Bertz CT molecular complexity index is 975. The van der Waals surface area contributed by atoms with Gasteiger partial charge in [-0.1, -0.05) is 12.6 Å². The van der Waals surface area contributed by atoms with E-state index in [0.717, 1.165) is 22.1 Å². The van der Waals surface area contributed by atoms with E-state index < -0.39 is 0 Å². The average molecular weight is 338 g/mol. The molecule has 128 valence electrons. The molecule has 2 aromatic carbocycles. The van der Waals surface area contributed by atoms with Crippen molar-refractivity contribution in [2.75, 3.05) is 21.3 Å². The summed E-state index contributed by atoms with van der Waals surface area (Å²) in [5.74, 6) is 1.65. The molecule has 0 amide bonds. The first kappa shape index (κ1) is 16.6. The SMILES string of the molecule is C=C(c1cc(OC)c(OC)c(OC)c1)c1ccc2oc(=O)ccc2c1. The molecule has 5 nitrogen and oxygen atoms in total. The molecule has 0 spiro atoms. The smallest absolute Gasteiger partial charge is 0.336 e. The van der Waals surface area contributed by atoms with Crippen molar-refractivity contribution in [3.05, 3.63) is 70.6 Å². The summed E-state index contributed by atoms with van der Waals surface area (Å²) < 4.78 is 21.3. The highest BCUT2D eigenvalue weighted by molar-refractivity contribution is 5.87. The maximum absolute atomic E-state index is 11.3. The van der Waals surface area contributed by atoms with E-state index in [0.29, 0.717) is 22.8 Å². The number of fused-ring (bicyclic) bond motifs is 1. The van der Waals surface area contributed by atoms with Gasteiger partial charge in [0, 0.05) is 11.5 Å². The van der Waals surface area contributed by atoms with E-state index in [-0.39, 0.29) is 5.63 Å². The minimum atomic E-state index is -0.372. The van der Waals surface area contributed by atoms with Gasteiger partial charge in [-0.25, -0.2) is 4.79 Å². The molecule has 25 heavy (non-hydrogen) atoms. The van der Waals surface area contributed by atoms with Crippen molar-refractivity contribution in [2.24, 2.45) is 0 Å². The van der Waals surface area contributed by atoms with Gasteiger partial charge in [0.2, 0.25) is 5.75 Å². The molecule has 3 aromatic rings. The van der Waals surface area contributed by atoms with E-state index in [4.69, 9.17) is 18.6 Å². The van der Waals surface area contributed by atoms with Gasteiger partial charge in [-0.2, -0.15) is 0 Å². The summed E-state index contributed by atoms with van der Waals surface area (Å²) in [5, 5.41) is 0.825. The van der Waals surface area contributed by atoms with Crippen LogP contribution >= 0.6 is 0 Å². The lowest BCUT2D eigenvalue weighted by atomic mass is 9.97. The van der Waals surface area contributed by atoms with Crippen LogP contribution in [0.25, 0.3) is 16.5 Å². The van der Waals surface area contributed by atoms with Crippen molar-refractivity contribution in [1.29, 1.82) is 0 Å². The molecular weight excluding hydrogens is 320 g/mol. The Morgan fingerprint density at radius 3 is 2.16 bits per heavy atom. The Kier molecular flexibility index (Phi) is 4.48. The molecule has 0 aliphatic carbocycles. The van der Waals surface area contributed by atoms with E-state index in [1.807, 2.05) is 24.3 Å². The highest BCUT2D eigenvalue weighted by Crippen LogP contribution is 2.40. The van der Waals surface area contributed by atoms with Crippen molar-refractivity contribution < 1.29 is 18.6 Å². The van der Waals surface area contributed by atoms with Crippen LogP contribution in [0, 0.1) is 0 Å². The van der Waals surface area contributed by atoms with Crippen molar-refractivity contribution in [2.45, 2.75) is 0 Å². The molecule has 0 fully saturated rings. The first-order chi connectivity index (χ1) is 12.1. The second-order valence-corrected chi connectivity index (χ2v) is 5.40. The summed E-state index contributed by atoms with van der Waals surface area (Å²) in [6.45, 7) is 4.18. The minimum absolute atomic E-state index is 0.372. The molecule has 1 heterocycles. The number of benzene rings is 2. The molecule has 0 radical (unpaired) electrons. The summed E-state index contributed by atoms with van der Waals surface area (Å²) in [7, 11) is 4.70. The third kappa shape index (κ3) is 3.08. The number of hydrogen-bond acceptors (Lipinski definition) is 5. The number of methoxy groups -OCH3 is 3. The maximum atomic E-state index is 11.3. The van der Waals surface area contributed by atoms with Crippen LogP contribution in [0.3, 0.4) is 0 Å². The standard InChI is InChI=1S/C20H18O5/c1-12(13-5-7-16-14(9-13)6-8-19(21)25-16)15-10-17(22-2)20(24-4)18(11-15)23-3/h5-11H,1H2,2-4H3. The number of ether oxygens (including phenoxy) is 3. The molecule has 0 saturated carbocycles. The Hall–Kier alpha value is -3.21. The van der Waals surface area contributed by atoms with Gasteiger partial charge in [-0.05, 0) is 47.0 Å². The normalized spacial score (nSPS) is 10.5. The molecule has 0 N–H and O–H groups in total. The van der Waals surface area contributed by atoms with Crippen molar-refractivity contribution in [3.63, 3.8) is 0 Å². The molecule has 0 atom stereocenters. The Morgan fingerprint density at radius 1 is 0.880 bits per heavy atom. The first-order valence-corrected chi connectivity index (χ1v) is 7.61. The third-order valence-corrected chi connectivity index (χ3v) is 3.98. The first-order valence-electron chi connectivity index (χ1n) is 7.61. The van der Waals surface area contributed by atoms with Gasteiger partial charge in [0.25, 0.3) is 0 Å². The van der Waals surface area contributed by atoms with Gasteiger partial charge in [-0.3, -0.25) is 0 Å². The fourth-order valence-corrected chi connectivity index (χ4v) is 2.68. The Labute approximate surface area is 145 Å². The summed E-state index contributed by atoms with van der Waals surface area (Å²) in [5.41, 5.74) is 2.69. The molecule has 1 aromatic heterocycles. The monoisotopic (exact) mass is 338 g/mol. The molecule has 0 unspecified atom stereocenters. The highest BCUT2D eigenvalue weighted by Gasteiger charge is 2.15. The van der Waals surface area contributed by atoms with Crippen LogP contribution < -0.4 is 19.8 Å². The van der Waals surface area contributed by atoms with E-state index >= 15 is 0 Å². The Morgan fingerprint density at radius 2 is 1.56 bits per heavy atom. The largest absolute Gasteiger partial charge is 0.493 e. The summed E-state index contributed by atoms with van der Waals surface area (Å²) >= 11 is 0. The lowest BCUT2D eigenvalue weighted by Gasteiger charge is -2.15. The molecule has 0 aliphatic rings.